The van der Waals surface area contributed by atoms with Crippen molar-refractivity contribution in [2.75, 3.05) is 6.54 Å². The van der Waals surface area contributed by atoms with Gasteiger partial charge in [-0.25, -0.2) is 0 Å². The van der Waals surface area contributed by atoms with Crippen LogP contribution >= 0.6 is 0 Å². The Morgan fingerprint density at radius 2 is 1.84 bits per heavy atom. The van der Waals surface area contributed by atoms with Gasteiger partial charge < -0.3 is 5.73 Å². The molecule has 1 aromatic carbocycles. The Kier molecular flexibility index (Phi) is 4.38. The van der Waals surface area contributed by atoms with Gasteiger partial charge in [0.2, 0.25) is 0 Å². The fourth-order valence-corrected chi connectivity index (χ4v) is 2.45. The number of nitrogens with zero attached hydrogens (tertiary/aromatic N) is 2. The van der Waals surface area contributed by atoms with Gasteiger partial charge in [0, 0.05) is 12.7 Å². The molecule has 3 nitrogen and oxygen atoms in total. The van der Waals surface area contributed by atoms with E-state index in [-0.39, 0.29) is 0 Å². The Morgan fingerprint density at radius 3 is 2.37 bits per heavy atom. The number of benzene rings is 1. The van der Waals surface area contributed by atoms with E-state index in [1.54, 1.807) is 0 Å². The number of rotatable bonds is 5. The molecule has 1 atom stereocenters. The van der Waals surface area contributed by atoms with Crippen LogP contribution < -0.4 is 5.73 Å². The van der Waals surface area contributed by atoms with Crippen LogP contribution in [0.3, 0.4) is 0 Å². The first-order valence-corrected chi connectivity index (χ1v) is 6.83. The first-order valence-electron chi connectivity index (χ1n) is 6.83. The summed E-state index contributed by atoms with van der Waals surface area (Å²) in [6, 6.07) is 10.9. The summed E-state index contributed by atoms with van der Waals surface area (Å²) in [4.78, 5) is 0. The highest BCUT2D eigenvalue weighted by molar-refractivity contribution is 5.22. The first kappa shape index (κ1) is 13.8. The fourth-order valence-electron chi connectivity index (χ4n) is 2.45. The second-order valence-electron chi connectivity index (χ2n) is 5.40. The third-order valence-corrected chi connectivity index (χ3v) is 3.58. The van der Waals surface area contributed by atoms with Crippen LogP contribution in [0.2, 0.25) is 0 Å². The molecule has 0 saturated carbocycles. The molecule has 1 heterocycles. The lowest BCUT2D eigenvalue weighted by Gasteiger charge is -2.15. The van der Waals surface area contributed by atoms with Gasteiger partial charge in [-0.3, -0.25) is 4.68 Å². The molecule has 0 saturated heterocycles. The zero-order valence-corrected chi connectivity index (χ0v) is 12.1. The number of aromatic nitrogens is 2. The third-order valence-electron chi connectivity index (χ3n) is 3.58. The van der Waals surface area contributed by atoms with Gasteiger partial charge in [0.05, 0.1) is 5.69 Å². The van der Waals surface area contributed by atoms with E-state index < -0.39 is 0 Å². The van der Waals surface area contributed by atoms with Crippen molar-refractivity contribution in [2.24, 2.45) is 18.7 Å². The van der Waals surface area contributed by atoms with E-state index in [4.69, 9.17) is 5.73 Å². The van der Waals surface area contributed by atoms with Crippen molar-refractivity contribution in [3.8, 4) is 0 Å². The molecule has 2 aromatic rings. The van der Waals surface area contributed by atoms with E-state index in [1.165, 1.54) is 16.8 Å². The maximum atomic E-state index is 5.93. The summed E-state index contributed by atoms with van der Waals surface area (Å²) in [6.45, 7) is 4.85. The van der Waals surface area contributed by atoms with Crippen molar-refractivity contribution >= 4 is 0 Å². The lowest BCUT2D eigenvalue weighted by atomic mass is 9.94. The van der Waals surface area contributed by atoms with Gasteiger partial charge in [-0.2, -0.15) is 5.10 Å². The highest BCUT2D eigenvalue weighted by Crippen LogP contribution is 2.15. The summed E-state index contributed by atoms with van der Waals surface area (Å²) in [5.41, 5.74) is 10.9. The second kappa shape index (κ2) is 6.02. The van der Waals surface area contributed by atoms with Gasteiger partial charge in [-0.15, -0.1) is 0 Å². The average Bonchev–Trinajstić information content (AvgIpc) is 2.69. The predicted octanol–water partition coefficient (Wildman–Crippen LogP) is 2.40. The number of aryl methyl sites for hydroxylation is 3. The maximum absolute atomic E-state index is 5.93. The van der Waals surface area contributed by atoms with Gasteiger partial charge >= 0.3 is 0 Å². The average molecular weight is 257 g/mol. The zero-order valence-electron chi connectivity index (χ0n) is 12.1. The van der Waals surface area contributed by atoms with Crippen molar-refractivity contribution in [3.63, 3.8) is 0 Å². The molecule has 0 bridgehead atoms. The van der Waals surface area contributed by atoms with E-state index in [9.17, 15) is 0 Å². The minimum atomic E-state index is 0.470. The monoisotopic (exact) mass is 257 g/mol. The Morgan fingerprint density at radius 1 is 1.16 bits per heavy atom. The molecule has 0 aliphatic carbocycles. The second-order valence-corrected chi connectivity index (χ2v) is 5.40. The molecular formula is C16H23N3. The molecule has 3 heteroatoms. The quantitative estimate of drug-likeness (QED) is 0.894. The minimum Gasteiger partial charge on any atom is -0.330 e. The molecule has 0 amide bonds. The molecule has 0 aliphatic rings. The van der Waals surface area contributed by atoms with Gasteiger partial charge in [0.25, 0.3) is 0 Å². The van der Waals surface area contributed by atoms with Gasteiger partial charge in [-0.1, -0.05) is 29.8 Å². The molecule has 0 radical (unpaired) electrons. The fraction of sp³-hybridized carbons (Fsp3) is 0.438. The summed E-state index contributed by atoms with van der Waals surface area (Å²) in [5.74, 6) is 0.470. The molecule has 102 valence electrons. The molecule has 0 aliphatic heterocycles. The number of nitrogens with two attached hydrogens (primary N) is 1. The molecular weight excluding hydrogens is 234 g/mol. The lowest BCUT2D eigenvalue weighted by Crippen LogP contribution is -2.20. The molecule has 19 heavy (non-hydrogen) atoms. The number of hydrogen-bond acceptors (Lipinski definition) is 2. The smallest absolute Gasteiger partial charge is 0.0596 e. The topological polar surface area (TPSA) is 43.8 Å². The van der Waals surface area contributed by atoms with E-state index in [0.717, 1.165) is 18.5 Å². The molecule has 1 unspecified atom stereocenters. The molecule has 2 N–H and O–H groups in total. The van der Waals surface area contributed by atoms with Crippen LogP contribution in [0.5, 0.6) is 0 Å². The van der Waals surface area contributed by atoms with E-state index in [0.29, 0.717) is 12.5 Å². The van der Waals surface area contributed by atoms with Crippen LogP contribution in [0.4, 0.5) is 0 Å². The van der Waals surface area contributed by atoms with Crippen molar-refractivity contribution in [1.29, 1.82) is 0 Å². The van der Waals surface area contributed by atoms with E-state index >= 15 is 0 Å². The molecule has 1 aromatic heterocycles. The molecule has 2 rings (SSSR count). The minimum absolute atomic E-state index is 0.470. The van der Waals surface area contributed by atoms with Crippen molar-refractivity contribution in [2.45, 2.75) is 26.7 Å². The highest BCUT2D eigenvalue weighted by atomic mass is 15.3. The van der Waals surface area contributed by atoms with Crippen LogP contribution in [-0.2, 0) is 19.9 Å². The van der Waals surface area contributed by atoms with E-state index in [2.05, 4.69) is 42.4 Å². The first-order chi connectivity index (χ1) is 9.08. The molecule has 0 fully saturated rings. The van der Waals surface area contributed by atoms with Gasteiger partial charge in [-0.05, 0) is 50.8 Å². The predicted molar refractivity (Wildman–Crippen MR) is 79.1 cm³/mol. The normalized spacial score (nSPS) is 12.6. The number of hydrogen-bond donors (Lipinski definition) is 1. The lowest BCUT2D eigenvalue weighted by molar-refractivity contribution is 0.511. The van der Waals surface area contributed by atoms with Crippen LogP contribution in [0.25, 0.3) is 0 Å². The summed E-state index contributed by atoms with van der Waals surface area (Å²) in [5, 5.41) is 4.39. The van der Waals surface area contributed by atoms with Gasteiger partial charge in [0.1, 0.15) is 0 Å². The van der Waals surface area contributed by atoms with Crippen molar-refractivity contribution in [1.82, 2.24) is 9.78 Å². The summed E-state index contributed by atoms with van der Waals surface area (Å²) >= 11 is 0. The largest absolute Gasteiger partial charge is 0.330 e. The summed E-state index contributed by atoms with van der Waals surface area (Å²) in [7, 11) is 2.00. The summed E-state index contributed by atoms with van der Waals surface area (Å²) < 4.78 is 1.97. The standard InChI is InChI=1S/C16H23N3/c1-12-4-6-14(7-5-12)9-15(11-17)10-16-8-13(2)18-19(16)3/h4-8,15H,9-11,17H2,1-3H3. The van der Waals surface area contributed by atoms with Gasteiger partial charge in [0.15, 0.2) is 0 Å². The Labute approximate surface area is 115 Å². The summed E-state index contributed by atoms with van der Waals surface area (Å²) in [6.07, 6.45) is 2.02. The van der Waals surface area contributed by atoms with Crippen LogP contribution in [-0.4, -0.2) is 16.3 Å². The van der Waals surface area contributed by atoms with Crippen LogP contribution in [0, 0.1) is 19.8 Å². The Hall–Kier alpha value is -1.61. The highest BCUT2D eigenvalue weighted by Gasteiger charge is 2.12. The van der Waals surface area contributed by atoms with Crippen molar-refractivity contribution < 1.29 is 0 Å². The zero-order chi connectivity index (χ0) is 13.8. The van der Waals surface area contributed by atoms with Crippen molar-refractivity contribution in [3.05, 3.63) is 52.8 Å². The molecule has 0 spiro atoms. The SMILES string of the molecule is Cc1ccc(CC(CN)Cc2cc(C)nn2C)cc1. The Bertz CT molecular complexity index is 525. The van der Waals surface area contributed by atoms with Crippen LogP contribution in [0.15, 0.2) is 30.3 Å². The Balaban J connectivity index is 2.04. The van der Waals surface area contributed by atoms with E-state index in [1.807, 2.05) is 18.7 Å². The third kappa shape index (κ3) is 3.67. The van der Waals surface area contributed by atoms with Crippen LogP contribution in [0.1, 0.15) is 22.5 Å². The maximum Gasteiger partial charge on any atom is 0.0596 e.